The lowest BCUT2D eigenvalue weighted by Gasteiger charge is -2.27. The van der Waals surface area contributed by atoms with Crippen LogP contribution in [-0.2, 0) is 13.0 Å². The molecule has 1 aliphatic rings. The van der Waals surface area contributed by atoms with Gasteiger partial charge in [-0.1, -0.05) is 11.6 Å². The van der Waals surface area contributed by atoms with E-state index < -0.39 is 0 Å². The van der Waals surface area contributed by atoms with Crippen LogP contribution in [0.15, 0.2) is 29.9 Å². The van der Waals surface area contributed by atoms with Gasteiger partial charge in [0.25, 0.3) is 5.91 Å². The van der Waals surface area contributed by atoms with Gasteiger partial charge in [-0.2, -0.15) is 0 Å². The Kier molecular flexibility index (Phi) is 3.66. The maximum Gasteiger partial charge on any atom is 0.272 e. The highest BCUT2D eigenvalue weighted by molar-refractivity contribution is 7.10. The minimum atomic E-state index is -0.0757. The monoisotopic (exact) mass is 359 g/mol. The quantitative estimate of drug-likeness (QED) is 0.658. The zero-order chi connectivity index (χ0) is 16.8. The van der Waals surface area contributed by atoms with Crippen molar-refractivity contribution < 1.29 is 9.59 Å². The number of thiophene rings is 1. The predicted octanol–water partition coefficient (Wildman–Crippen LogP) is 3.45. The van der Waals surface area contributed by atoms with E-state index in [2.05, 4.69) is 4.98 Å². The third-order valence-electron chi connectivity index (χ3n) is 4.30. The Bertz CT molecular complexity index is 976. The van der Waals surface area contributed by atoms with E-state index in [1.165, 1.54) is 0 Å². The number of rotatable bonds is 2. The zero-order valence-electron chi connectivity index (χ0n) is 13.0. The number of amides is 1. The Morgan fingerprint density at radius 2 is 2.17 bits per heavy atom. The number of nitrogens with zero attached hydrogens (tertiary/aromatic N) is 3. The van der Waals surface area contributed by atoms with Gasteiger partial charge in [0.1, 0.15) is 11.3 Å². The average molecular weight is 360 g/mol. The van der Waals surface area contributed by atoms with Gasteiger partial charge in [0.15, 0.2) is 5.78 Å². The number of hydrogen-bond acceptors (Lipinski definition) is 4. The van der Waals surface area contributed by atoms with Crippen molar-refractivity contribution in [1.29, 1.82) is 0 Å². The molecule has 1 amide bonds. The van der Waals surface area contributed by atoms with Crippen molar-refractivity contribution in [1.82, 2.24) is 14.3 Å². The first-order valence-electron chi connectivity index (χ1n) is 7.56. The standard InChI is InChI=1S/C17H14ClN3O2S/c1-10(22)13-9-24-15-8-20(5-4-12(13)15)17(23)14-6-19-16-3-2-11(18)7-21(14)16/h2-3,6-7,9H,4-5,8H2,1H3. The number of carbonyl (C=O) groups is 2. The number of pyridine rings is 1. The second-order valence-electron chi connectivity index (χ2n) is 5.80. The Balaban J connectivity index is 1.65. The molecule has 0 bridgehead atoms. The van der Waals surface area contributed by atoms with Gasteiger partial charge in [0, 0.05) is 28.6 Å². The van der Waals surface area contributed by atoms with Crippen LogP contribution in [0.5, 0.6) is 0 Å². The smallest absolute Gasteiger partial charge is 0.272 e. The number of halogens is 1. The normalized spacial score (nSPS) is 14.0. The van der Waals surface area contributed by atoms with E-state index in [-0.39, 0.29) is 11.7 Å². The molecular formula is C17H14ClN3O2S. The van der Waals surface area contributed by atoms with Crippen molar-refractivity contribution >= 4 is 40.3 Å². The molecule has 24 heavy (non-hydrogen) atoms. The Morgan fingerprint density at radius 1 is 1.33 bits per heavy atom. The molecule has 4 rings (SSSR count). The lowest BCUT2D eigenvalue weighted by molar-refractivity contribution is 0.0730. The predicted molar refractivity (Wildman–Crippen MR) is 93.0 cm³/mol. The lowest BCUT2D eigenvalue weighted by atomic mass is 10.0. The van der Waals surface area contributed by atoms with Gasteiger partial charge in [0.05, 0.1) is 17.8 Å². The first-order valence-corrected chi connectivity index (χ1v) is 8.82. The van der Waals surface area contributed by atoms with Crippen molar-refractivity contribution in [2.45, 2.75) is 19.9 Å². The van der Waals surface area contributed by atoms with Crippen LogP contribution in [0.4, 0.5) is 0 Å². The fraction of sp³-hybridized carbons (Fsp3) is 0.235. The lowest BCUT2D eigenvalue weighted by Crippen LogP contribution is -2.36. The number of Topliss-reactive ketones (excluding diaryl/α,β-unsaturated/α-hetero) is 1. The molecule has 1 aliphatic heterocycles. The van der Waals surface area contributed by atoms with Crippen molar-refractivity contribution in [2.75, 3.05) is 6.54 Å². The molecule has 0 N–H and O–H groups in total. The molecule has 0 saturated heterocycles. The molecule has 0 saturated carbocycles. The van der Waals surface area contributed by atoms with Crippen LogP contribution >= 0.6 is 22.9 Å². The summed E-state index contributed by atoms with van der Waals surface area (Å²) in [5.74, 6) is 0.0110. The summed E-state index contributed by atoms with van der Waals surface area (Å²) in [5, 5.41) is 2.45. The minimum Gasteiger partial charge on any atom is -0.332 e. The van der Waals surface area contributed by atoms with Crippen LogP contribution in [0, 0.1) is 0 Å². The molecule has 0 radical (unpaired) electrons. The second-order valence-corrected chi connectivity index (χ2v) is 7.20. The van der Waals surface area contributed by atoms with Gasteiger partial charge in [-0.25, -0.2) is 4.98 Å². The maximum atomic E-state index is 12.9. The van der Waals surface area contributed by atoms with Gasteiger partial charge in [0.2, 0.25) is 0 Å². The highest BCUT2D eigenvalue weighted by Gasteiger charge is 2.27. The highest BCUT2D eigenvalue weighted by Crippen LogP contribution is 2.29. The molecule has 0 unspecified atom stereocenters. The van der Waals surface area contributed by atoms with Gasteiger partial charge in [-0.3, -0.25) is 14.0 Å². The molecule has 122 valence electrons. The summed E-state index contributed by atoms with van der Waals surface area (Å²) in [5.41, 5.74) is 3.08. The van der Waals surface area contributed by atoms with E-state index in [4.69, 9.17) is 11.6 Å². The third kappa shape index (κ3) is 2.42. The molecule has 4 heterocycles. The van der Waals surface area contributed by atoms with Gasteiger partial charge < -0.3 is 4.90 Å². The minimum absolute atomic E-state index is 0.0757. The molecule has 0 spiro atoms. The number of ketones is 1. The average Bonchev–Trinajstić information content (AvgIpc) is 3.17. The largest absolute Gasteiger partial charge is 0.332 e. The molecule has 7 heteroatoms. The van der Waals surface area contributed by atoms with E-state index in [9.17, 15) is 9.59 Å². The van der Waals surface area contributed by atoms with Crippen molar-refractivity contribution in [2.24, 2.45) is 0 Å². The van der Waals surface area contributed by atoms with Crippen LogP contribution in [0.25, 0.3) is 5.65 Å². The number of imidazole rings is 1. The molecule has 5 nitrogen and oxygen atoms in total. The summed E-state index contributed by atoms with van der Waals surface area (Å²) < 4.78 is 1.72. The maximum absolute atomic E-state index is 12.9. The summed E-state index contributed by atoms with van der Waals surface area (Å²) in [7, 11) is 0. The zero-order valence-corrected chi connectivity index (χ0v) is 14.5. The van der Waals surface area contributed by atoms with Crippen molar-refractivity contribution in [3.8, 4) is 0 Å². The molecule has 0 atom stereocenters. The SMILES string of the molecule is CC(=O)c1csc2c1CCN(C(=O)c1cnc3ccc(Cl)cn13)C2. The van der Waals surface area contributed by atoms with Crippen LogP contribution in [0.2, 0.25) is 5.02 Å². The Labute approximate surface area is 147 Å². The summed E-state index contributed by atoms with van der Waals surface area (Å²) in [4.78, 5) is 31.7. The first kappa shape index (κ1) is 15.4. The van der Waals surface area contributed by atoms with E-state index in [1.54, 1.807) is 52.1 Å². The van der Waals surface area contributed by atoms with Crippen LogP contribution in [0.3, 0.4) is 0 Å². The van der Waals surface area contributed by atoms with Crippen molar-refractivity contribution in [3.63, 3.8) is 0 Å². The van der Waals surface area contributed by atoms with E-state index in [1.807, 2.05) is 5.38 Å². The van der Waals surface area contributed by atoms with Gasteiger partial charge in [-0.15, -0.1) is 11.3 Å². The molecule has 0 aliphatic carbocycles. The van der Waals surface area contributed by atoms with Crippen LogP contribution in [-0.4, -0.2) is 32.5 Å². The fourth-order valence-electron chi connectivity index (χ4n) is 3.07. The number of hydrogen-bond donors (Lipinski definition) is 0. The summed E-state index contributed by atoms with van der Waals surface area (Å²) in [6.07, 6.45) is 3.99. The second kappa shape index (κ2) is 5.72. The van der Waals surface area contributed by atoms with Crippen LogP contribution in [0.1, 0.15) is 38.2 Å². The van der Waals surface area contributed by atoms with Crippen LogP contribution < -0.4 is 0 Å². The third-order valence-corrected chi connectivity index (χ3v) is 5.54. The van der Waals surface area contributed by atoms with Gasteiger partial charge >= 0.3 is 0 Å². The molecule has 0 fully saturated rings. The molecule has 0 aromatic carbocycles. The molecule has 3 aromatic heterocycles. The summed E-state index contributed by atoms with van der Waals surface area (Å²) >= 11 is 7.58. The first-order chi connectivity index (χ1) is 11.5. The highest BCUT2D eigenvalue weighted by atomic mass is 35.5. The molecule has 3 aromatic rings. The number of fused-ring (bicyclic) bond motifs is 2. The van der Waals surface area contributed by atoms with Gasteiger partial charge in [-0.05, 0) is 31.0 Å². The van der Waals surface area contributed by atoms with E-state index in [0.29, 0.717) is 35.9 Å². The van der Waals surface area contributed by atoms with E-state index in [0.717, 1.165) is 16.0 Å². The summed E-state index contributed by atoms with van der Waals surface area (Å²) in [6, 6.07) is 3.53. The molecular weight excluding hydrogens is 346 g/mol. The van der Waals surface area contributed by atoms with Crippen molar-refractivity contribution in [3.05, 3.63) is 56.6 Å². The Morgan fingerprint density at radius 3 is 2.96 bits per heavy atom. The fourth-order valence-corrected chi connectivity index (χ4v) is 4.39. The van der Waals surface area contributed by atoms with E-state index >= 15 is 0 Å². The number of carbonyl (C=O) groups excluding carboxylic acids is 2. The number of aromatic nitrogens is 2. The summed E-state index contributed by atoms with van der Waals surface area (Å²) in [6.45, 7) is 2.71. The Hall–Kier alpha value is -2.18. The topological polar surface area (TPSA) is 54.7 Å².